The fourth-order valence-electron chi connectivity index (χ4n) is 5.42. The van der Waals surface area contributed by atoms with E-state index in [0.29, 0.717) is 17.9 Å². The van der Waals surface area contributed by atoms with Crippen LogP contribution in [0.15, 0.2) is 0 Å². The van der Waals surface area contributed by atoms with E-state index in [9.17, 15) is 0 Å². The quantitative estimate of drug-likeness (QED) is 0.755. The molecule has 4 atom stereocenters. The van der Waals surface area contributed by atoms with E-state index in [0.717, 1.165) is 23.2 Å². The molecule has 0 aromatic heterocycles. The molecule has 0 aliphatic heterocycles. The Labute approximate surface area is 99.6 Å². The molecule has 1 N–H and O–H groups in total. The summed E-state index contributed by atoms with van der Waals surface area (Å²) in [7, 11) is 0. The summed E-state index contributed by atoms with van der Waals surface area (Å²) in [6.45, 7) is 7.65. The van der Waals surface area contributed by atoms with Gasteiger partial charge in [0.25, 0.3) is 0 Å². The summed E-state index contributed by atoms with van der Waals surface area (Å²) in [4.78, 5) is 0. The van der Waals surface area contributed by atoms with Gasteiger partial charge < -0.3 is 5.11 Å². The first-order chi connectivity index (χ1) is 7.54. The Balaban J connectivity index is 1.59. The van der Waals surface area contributed by atoms with Gasteiger partial charge in [0.2, 0.25) is 0 Å². The first-order valence-corrected chi connectivity index (χ1v) is 7.15. The maximum Gasteiger partial charge on any atom is 0.0456 e. The lowest BCUT2D eigenvalue weighted by Gasteiger charge is -2.34. The van der Waals surface area contributed by atoms with E-state index in [2.05, 4.69) is 20.8 Å². The Hall–Kier alpha value is -0.0400. The third kappa shape index (κ3) is 1.11. The Kier molecular flexibility index (Phi) is 2.25. The fourth-order valence-corrected chi connectivity index (χ4v) is 5.42. The van der Waals surface area contributed by atoms with Gasteiger partial charge in [-0.05, 0) is 60.2 Å². The van der Waals surface area contributed by atoms with Crippen molar-refractivity contribution in [2.75, 3.05) is 6.61 Å². The summed E-state index contributed by atoms with van der Waals surface area (Å²) in [5.41, 5.74) is 1.37. The predicted molar refractivity (Wildman–Crippen MR) is 66.0 cm³/mol. The first-order valence-electron chi connectivity index (χ1n) is 7.15. The number of hydrogen-bond acceptors (Lipinski definition) is 1. The Morgan fingerprint density at radius 1 is 1.25 bits per heavy atom. The van der Waals surface area contributed by atoms with Gasteiger partial charge in [-0.3, -0.25) is 0 Å². The summed E-state index contributed by atoms with van der Waals surface area (Å²) in [5.74, 6) is 3.73. The molecule has 0 heterocycles. The molecule has 4 fully saturated rings. The highest BCUT2D eigenvalue weighted by molar-refractivity contribution is 5.28. The molecule has 1 nitrogen and oxygen atoms in total. The zero-order valence-electron chi connectivity index (χ0n) is 11.0. The summed E-state index contributed by atoms with van der Waals surface area (Å²) in [6.07, 6.45) is 7.01. The zero-order valence-corrected chi connectivity index (χ0v) is 11.0. The molecule has 0 amide bonds. The van der Waals surface area contributed by atoms with Crippen LogP contribution in [-0.4, -0.2) is 11.7 Å². The van der Waals surface area contributed by atoms with Crippen LogP contribution in [0.25, 0.3) is 0 Å². The highest BCUT2D eigenvalue weighted by atomic mass is 16.3. The van der Waals surface area contributed by atoms with Gasteiger partial charge in [-0.25, -0.2) is 0 Å². The highest BCUT2D eigenvalue weighted by Gasteiger charge is 2.80. The fraction of sp³-hybridized carbons (Fsp3) is 1.00. The van der Waals surface area contributed by atoms with E-state index in [4.69, 9.17) is 5.11 Å². The van der Waals surface area contributed by atoms with Crippen LogP contribution in [0, 0.1) is 34.5 Å². The van der Waals surface area contributed by atoms with Gasteiger partial charge in [-0.2, -0.15) is 0 Å². The monoisotopic (exact) mass is 222 g/mol. The normalized spacial score (nSPS) is 54.4. The van der Waals surface area contributed by atoms with Crippen molar-refractivity contribution >= 4 is 0 Å². The van der Waals surface area contributed by atoms with E-state index >= 15 is 0 Å². The molecule has 3 unspecified atom stereocenters. The Bertz CT molecular complexity index is 286. The minimum absolute atomic E-state index is 0.364. The molecule has 16 heavy (non-hydrogen) atoms. The van der Waals surface area contributed by atoms with E-state index in [1.54, 1.807) is 0 Å². The second kappa shape index (κ2) is 3.25. The highest BCUT2D eigenvalue weighted by Crippen LogP contribution is 2.87. The van der Waals surface area contributed by atoms with Crippen molar-refractivity contribution in [1.82, 2.24) is 0 Å². The predicted octanol–water partition coefficient (Wildman–Crippen LogP) is 3.47. The van der Waals surface area contributed by atoms with Crippen molar-refractivity contribution in [3.05, 3.63) is 0 Å². The van der Waals surface area contributed by atoms with E-state index in [1.807, 2.05) is 0 Å². The smallest absolute Gasteiger partial charge is 0.0456 e. The summed E-state index contributed by atoms with van der Waals surface area (Å²) < 4.78 is 0. The van der Waals surface area contributed by atoms with Crippen molar-refractivity contribution in [3.8, 4) is 0 Å². The van der Waals surface area contributed by atoms with Crippen LogP contribution in [-0.2, 0) is 0 Å². The van der Waals surface area contributed by atoms with E-state index in [1.165, 1.54) is 32.1 Å². The van der Waals surface area contributed by atoms with Crippen molar-refractivity contribution in [3.63, 3.8) is 0 Å². The molecule has 4 aliphatic rings. The average Bonchev–Trinajstić information content (AvgIpc) is 2.62. The van der Waals surface area contributed by atoms with Crippen molar-refractivity contribution in [1.29, 1.82) is 0 Å². The molecule has 1 heteroatoms. The van der Waals surface area contributed by atoms with Gasteiger partial charge >= 0.3 is 0 Å². The number of aliphatic hydroxyl groups is 1. The minimum atomic E-state index is 0.364. The van der Waals surface area contributed by atoms with Crippen molar-refractivity contribution in [2.45, 2.75) is 52.9 Å². The molecule has 92 valence electrons. The molecule has 0 spiro atoms. The van der Waals surface area contributed by atoms with Crippen LogP contribution in [0.5, 0.6) is 0 Å². The van der Waals surface area contributed by atoms with Gasteiger partial charge in [0.15, 0.2) is 0 Å². The average molecular weight is 222 g/mol. The molecule has 0 radical (unpaired) electrons. The maximum atomic E-state index is 9.06. The van der Waals surface area contributed by atoms with Gasteiger partial charge in [0.1, 0.15) is 0 Å². The van der Waals surface area contributed by atoms with Gasteiger partial charge in [0.05, 0.1) is 0 Å². The van der Waals surface area contributed by atoms with Crippen LogP contribution in [0.4, 0.5) is 0 Å². The molecule has 4 saturated carbocycles. The van der Waals surface area contributed by atoms with E-state index < -0.39 is 0 Å². The van der Waals surface area contributed by atoms with Crippen molar-refractivity contribution < 1.29 is 5.11 Å². The molecular formula is C15H26O. The maximum absolute atomic E-state index is 9.06. The third-order valence-electron chi connectivity index (χ3n) is 6.83. The molecule has 0 saturated heterocycles. The van der Waals surface area contributed by atoms with Crippen molar-refractivity contribution in [2.24, 2.45) is 34.5 Å². The Morgan fingerprint density at radius 2 is 1.88 bits per heavy atom. The van der Waals surface area contributed by atoms with Crippen LogP contribution < -0.4 is 0 Å². The molecule has 0 aromatic rings. The second-order valence-corrected chi connectivity index (χ2v) is 7.26. The number of aliphatic hydroxyl groups excluding tert-OH is 1. The first kappa shape index (κ1) is 11.1. The lowest BCUT2D eigenvalue weighted by Crippen LogP contribution is -2.27. The van der Waals surface area contributed by atoms with Gasteiger partial charge in [0, 0.05) is 6.61 Å². The summed E-state index contributed by atoms with van der Waals surface area (Å²) in [6, 6.07) is 0. The molecular weight excluding hydrogens is 196 g/mol. The van der Waals surface area contributed by atoms with Crippen LogP contribution in [0.1, 0.15) is 52.9 Å². The topological polar surface area (TPSA) is 20.2 Å². The Morgan fingerprint density at radius 3 is 2.31 bits per heavy atom. The lowest BCUT2D eigenvalue weighted by atomic mass is 9.70. The number of rotatable bonds is 5. The zero-order chi connectivity index (χ0) is 11.6. The van der Waals surface area contributed by atoms with Crippen LogP contribution >= 0.6 is 0 Å². The molecule has 4 rings (SSSR count). The third-order valence-corrected chi connectivity index (χ3v) is 6.83. The van der Waals surface area contributed by atoms with Crippen LogP contribution in [0.2, 0.25) is 0 Å². The number of hydrogen-bond donors (Lipinski definition) is 1. The lowest BCUT2D eigenvalue weighted by molar-refractivity contribution is 0.140. The van der Waals surface area contributed by atoms with E-state index in [-0.39, 0.29) is 0 Å². The SMILES string of the molecule is CC(CO)CCC[C@]1(C)C2CC3C(C2)C31C. The van der Waals surface area contributed by atoms with Crippen LogP contribution in [0.3, 0.4) is 0 Å². The summed E-state index contributed by atoms with van der Waals surface area (Å²) in [5, 5.41) is 9.06. The van der Waals surface area contributed by atoms with Gasteiger partial charge in [-0.15, -0.1) is 0 Å². The second-order valence-electron chi connectivity index (χ2n) is 7.26. The molecule has 4 bridgehead atoms. The molecule has 0 aromatic carbocycles. The minimum Gasteiger partial charge on any atom is -0.396 e. The van der Waals surface area contributed by atoms with Gasteiger partial charge in [-0.1, -0.05) is 27.2 Å². The largest absolute Gasteiger partial charge is 0.396 e. The summed E-state index contributed by atoms with van der Waals surface area (Å²) >= 11 is 0. The standard InChI is InChI=1S/C15H26O/c1-10(9-16)5-4-6-14(2)11-7-12-13(8-11)15(12,14)3/h10-13,16H,4-9H2,1-3H3/t10?,11?,12?,13?,14-,15?/m1/s1. The molecule has 4 aliphatic carbocycles.